The Bertz CT molecular complexity index is 724. The third kappa shape index (κ3) is 4.03. The second kappa shape index (κ2) is 7.15. The van der Waals surface area contributed by atoms with Crippen LogP contribution in [0.5, 0.6) is 0 Å². The number of halogens is 1. The van der Waals surface area contributed by atoms with Crippen molar-refractivity contribution in [3.63, 3.8) is 0 Å². The van der Waals surface area contributed by atoms with E-state index in [4.69, 9.17) is 21.1 Å². The van der Waals surface area contributed by atoms with Crippen molar-refractivity contribution in [3.8, 4) is 0 Å². The molecule has 5 atom stereocenters. The number of alkyl halides is 1. The third-order valence-corrected chi connectivity index (χ3v) is 6.01. The molecule has 7 heteroatoms. The van der Waals surface area contributed by atoms with Gasteiger partial charge in [-0.1, -0.05) is 19.1 Å². The van der Waals surface area contributed by atoms with Crippen LogP contribution in [0.4, 0.5) is 0 Å². The summed E-state index contributed by atoms with van der Waals surface area (Å²) in [7, 11) is 0. The van der Waals surface area contributed by atoms with E-state index in [2.05, 4.69) is 6.58 Å². The van der Waals surface area contributed by atoms with Gasteiger partial charge < -0.3 is 14.6 Å². The Morgan fingerprint density at radius 2 is 2.07 bits per heavy atom. The van der Waals surface area contributed by atoms with E-state index in [1.807, 2.05) is 0 Å². The van der Waals surface area contributed by atoms with Gasteiger partial charge in [-0.25, -0.2) is 4.79 Å². The van der Waals surface area contributed by atoms with Crippen molar-refractivity contribution in [1.29, 1.82) is 0 Å². The molecule has 0 saturated carbocycles. The van der Waals surface area contributed by atoms with Gasteiger partial charge in [-0.15, -0.1) is 11.6 Å². The van der Waals surface area contributed by atoms with Gasteiger partial charge in [0.1, 0.15) is 11.9 Å². The molecule has 3 aliphatic heterocycles. The normalized spacial score (nSPS) is 39.9. The van der Waals surface area contributed by atoms with Crippen molar-refractivity contribution in [3.05, 3.63) is 23.8 Å². The second-order valence-electron chi connectivity index (χ2n) is 8.21. The molecule has 6 nitrogen and oxygen atoms in total. The highest BCUT2D eigenvalue weighted by Crippen LogP contribution is 2.42. The van der Waals surface area contributed by atoms with Crippen LogP contribution in [0.25, 0.3) is 0 Å². The fourth-order valence-electron chi connectivity index (χ4n) is 4.16. The minimum absolute atomic E-state index is 0.0593. The van der Waals surface area contributed by atoms with Crippen LogP contribution in [-0.2, 0) is 23.9 Å². The number of carbonyl (C=O) groups is 3. The molecule has 0 aromatic carbocycles. The Labute approximate surface area is 163 Å². The summed E-state index contributed by atoms with van der Waals surface area (Å²) in [6, 6.07) is 0. The zero-order valence-corrected chi connectivity index (χ0v) is 16.4. The van der Waals surface area contributed by atoms with Gasteiger partial charge in [-0.2, -0.15) is 0 Å². The van der Waals surface area contributed by atoms with E-state index < -0.39 is 29.4 Å². The van der Waals surface area contributed by atoms with Gasteiger partial charge in [0.2, 0.25) is 5.79 Å². The molecule has 0 amide bonds. The summed E-state index contributed by atoms with van der Waals surface area (Å²) in [6.07, 6.45) is 1.34. The number of carbonyl (C=O) groups excluding carboxylic acids is 3. The summed E-state index contributed by atoms with van der Waals surface area (Å²) in [5, 5.41) is 10.6. The standard InChI is InChI=1S/C20H25ClO6/c1-11(9-21)13-4-5-14-7-20(27-18(14)24)10-19(3,25)8-16(23)17(26-20)12(2)15(22)6-13/h7,12-13,17,25H,1,4-6,8-10H2,2-3H3. The average Bonchev–Trinajstić information content (AvgIpc) is 2.81. The minimum atomic E-state index is -1.52. The molecule has 1 spiro atoms. The Hall–Kier alpha value is -1.50. The highest BCUT2D eigenvalue weighted by molar-refractivity contribution is 6.19. The maximum atomic E-state index is 12.9. The first-order valence-electron chi connectivity index (χ1n) is 9.20. The molecule has 3 bridgehead atoms. The SMILES string of the molecule is C=C(CCl)C1CCC2=CC3(CC(C)(O)CC(=O)C(O3)C(C)C(=O)C1)OC2=O. The van der Waals surface area contributed by atoms with Crippen LogP contribution in [0.15, 0.2) is 23.8 Å². The number of allylic oxidation sites excluding steroid dienone is 1. The Balaban J connectivity index is 2.05. The first-order chi connectivity index (χ1) is 12.6. The largest absolute Gasteiger partial charge is 0.426 e. The lowest BCUT2D eigenvalue weighted by atomic mass is 9.83. The number of ether oxygens (including phenoxy) is 2. The zero-order valence-electron chi connectivity index (χ0n) is 15.6. The predicted octanol–water partition coefficient (Wildman–Crippen LogP) is 2.47. The molecular weight excluding hydrogens is 372 g/mol. The molecule has 1 saturated heterocycles. The quantitative estimate of drug-likeness (QED) is 0.438. The van der Waals surface area contributed by atoms with Crippen molar-refractivity contribution < 1.29 is 29.0 Å². The zero-order chi connectivity index (χ0) is 20.0. The molecule has 0 aliphatic carbocycles. The van der Waals surface area contributed by atoms with Crippen LogP contribution < -0.4 is 0 Å². The Kier molecular flexibility index (Phi) is 5.36. The van der Waals surface area contributed by atoms with E-state index in [1.54, 1.807) is 13.0 Å². The van der Waals surface area contributed by atoms with E-state index >= 15 is 0 Å². The molecule has 1 N–H and O–H groups in total. The molecule has 27 heavy (non-hydrogen) atoms. The van der Waals surface area contributed by atoms with Crippen LogP contribution in [0.3, 0.4) is 0 Å². The molecule has 148 valence electrons. The third-order valence-electron chi connectivity index (χ3n) is 5.67. The van der Waals surface area contributed by atoms with Crippen LogP contribution in [0.2, 0.25) is 0 Å². The van der Waals surface area contributed by atoms with E-state index in [-0.39, 0.29) is 42.6 Å². The highest BCUT2D eigenvalue weighted by Gasteiger charge is 2.53. The maximum absolute atomic E-state index is 12.9. The summed E-state index contributed by atoms with van der Waals surface area (Å²) in [5.41, 5.74) is -0.248. The molecular formula is C20H25ClO6. The first-order valence-corrected chi connectivity index (χ1v) is 9.73. The lowest BCUT2D eigenvalue weighted by molar-refractivity contribution is -0.227. The number of ketones is 2. The molecule has 3 aliphatic rings. The first kappa shape index (κ1) is 20.2. The van der Waals surface area contributed by atoms with Crippen LogP contribution in [-0.4, -0.2) is 46.0 Å². The van der Waals surface area contributed by atoms with Crippen LogP contribution in [0, 0.1) is 11.8 Å². The van der Waals surface area contributed by atoms with E-state index in [1.165, 1.54) is 6.92 Å². The number of Topliss-reactive ketones (excluding diaryl/α,β-unsaturated/α-hetero) is 2. The van der Waals surface area contributed by atoms with Gasteiger partial charge >= 0.3 is 5.97 Å². The van der Waals surface area contributed by atoms with Gasteiger partial charge in [-0.05, 0) is 31.8 Å². The Morgan fingerprint density at radius 1 is 1.37 bits per heavy atom. The number of hydrogen-bond donors (Lipinski definition) is 1. The molecule has 0 aromatic heterocycles. The van der Waals surface area contributed by atoms with Gasteiger partial charge in [-0.3, -0.25) is 9.59 Å². The number of rotatable bonds is 2. The molecule has 0 aromatic rings. The molecule has 5 unspecified atom stereocenters. The predicted molar refractivity (Wildman–Crippen MR) is 98.0 cm³/mol. The number of fused-ring (bicyclic) bond motifs is 1. The van der Waals surface area contributed by atoms with E-state index in [9.17, 15) is 19.5 Å². The number of hydrogen-bond acceptors (Lipinski definition) is 6. The van der Waals surface area contributed by atoms with Gasteiger partial charge in [0.25, 0.3) is 0 Å². The molecule has 1 fully saturated rings. The molecule has 0 radical (unpaired) electrons. The monoisotopic (exact) mass is 396 g/mol. The lowest BCUT2D eigenvalue weighted by Crippen LogP contribution is -2.43. The van der Waals surface area contributed by atoms with Crippen molar-refractivity contribution in [2.75, 3.05) is 5.88 Å². The molecule has 3 heterocycles. The Morgan fingerprint density at radius 3 is 2.74 bits per heavy atom. The minimum Gasteiger partial charge on any atom is -0.426 e. The smallest absolute Gasteiger partial charge is 0.336 e. The second-order valence-corrected chi connectivity index (χ2v) is 8.48. The van der Waals surface area contributed by atoms with Gasteiger partial charge in [0.15, 0.2) is 5.78 Å². The van der Waals surface area contributed by atoms with Crippen LogP contribution in [0.1, 0.15) is 46.0 Å². The summed E-state index contributed by atoms with van der Waals surface area (Å²) in [6.45, 7) is 7.10. The molecule has 3 rings (SSSR count). The topological polar surface area (TPSA) is 89.9 Å². The summed E-state index contributed by atoms with van der Waals surface area (Å²) < 4.78 is 11.4. The summed E-state index contributed by atoms with van der Waals surface area (Å²) in [5.74, 6) is -3.23. The van der Waals surface area contributed by atoms with Crippen molar-refractivity contribution in [2.45, 2.75) is 63.4 Å². The fourth-order valence-corrected chi connectivity index (χ4v) is 4.37. The van der Waals surface area contributed by atoms with Gasteiger partial charge in [0.05, 0.1) is 5.60 Å². The van der Waals surface area contributed by atoms with Crippen molar-refractivity contribution in [1.82, 2.24) is 0 Å². The maximum Gasteiger partial charge on any atom is 0.336 e. The van der Waals surface area contributed by atoms with Crippen molar-refractivity contribution >= 4 is 29.1 Å². The van der Waals surface area contributed by atoms with E-state index in [0.717, 1.165) is 5.57 Å². The van der Waals surface area contributed by atoms with Crippen molar-refractivity contribution in [2.24, 2.45) is 11.8 Å². The van der Waals surface area contributed by atoms with E-state index in [0.29, 0.717) is 18.4 Å². The summed E-state index contributed by atoms with van der Waals surface area (Å²) >= 11 is 5.92. The highest BCUT2D eigenvalue weighted by atomic mass is 35.5. The fraction of sp³-hybridized carbons (Fsp3) is 0.650. The van der Waals surface area contributed by atoms with Crippen LogP contribution >= 0.6 is 11.6 Å². The number of esters is 1. The average molecular weight is 397 g/mol. The summed E-state index contributed by atoms with van der Waals surface area (Å²) in [4.78, 5) is 38.0. The van der Waals surface area contributed by atoms with Gasteiger partial charge in [0, 0.05) is 36.6 Å². The lowest BCUT2D eigenvalue weighted by Gasteiger charge is -2.32. The number of aliphatic hydroxyl groups is 1.